The molecule has 2 heterocycles. The first kappa shape index (κ1) is 17.7. The lowest BCUT2D eigenvalue weighted by molar-refractivity contribution is -0.274. The average Bonchev–Trinajstić information content (AvgIpc) is 2.54. The number of anilines is 2. The summed E-state index contributed by atoms with van der Waals surface area (Å²) in [6.07, 6.45) is -3.17. The van der Waals surface area contributed by atoms with Gasteiger partial charge in [0.15, 0.2) is 0 Å². The second-order valence-electron chi connectivity index (χ2n) is 5.81. The van der Waals surface area contributed by atoms with E-state index in [0.29, 0.717) is 16.7 Å². The molecule has 0 amide bonds. The van der Waals surface area contributed by atoms with Gasteiger partial charge in [0.2, 0.25) is 5.95 Å². The summed E-state index contributed by atoms with van der Waals surface area (Å²) in [5, 5.41) is 3.60. The van der Waals surface area contributed by atoms with Crippen molar-refractivity contribution in [2.75, 3.05) is 5.32 Å². The molecule has 9 heteroatoms. The van der Waals surface area contributed by atoms with Gasteiger partial charge < -0.3 is 10.1 Å². The molecule has 0 aliphatic carbocycles. The number of benzene rings is 1. The van der Waals surface area contributed by atoms with E-state index in [1.165, 1.54) is 30.3 Å². The highest BCUT2D eigenvalue weighted by molar-refractivity contribution is 5.75. The van der Waals surface area contributed by atoms with E-state index in [1.54, 1.807) is 16.8 Å². The zero-order chi connectivity index (χ0) is 18.9. The van der Waals surface area contributed by atoms with Gasteiger partial charge in [0.25, 0.3) is 5.56 Å². The Kier molecular flexibility index (Phi) is 4.54. The predicted molar refractivity (Wildman–Crippen MR) is 90.6 cm³/mol. The monoisotopic (exact) mass is 364 g/mol. The molecule has 0 atom stereocenters. The molecular formula is C17H15F3N4O2. The van der Waals surface area contributed by atoms with Gasteiger partial charge in [-0.2, -0.15) is 4.98 Å². The zero-order valence-corrected chi connectivity index (χ0v) is 13.9. The molecule has 2 aromatic heterocycles. The number of hydrogen-bond donors (Lipinski definition) is 1. The van der Waals surface area contributed by atoms with Crippen LogP contribution in [-0.4, -0.2) is 20.9 Å². The second kappa shape index (κ2) is 6.66. The van der Waals surface area contributed by atoms with E-state index in [1.807, 2.05) is 13.8 Å². The lowest BCUT2D eigenvalue weighted by Crippen LogP contribution is -2.22. The van der Waals surface area contributed by atoms with Gasteiger partial charge in [-0.05, 0) is 44.2 Å². The van der Waals surface area contributed by atoms with E-state index in [9.17, 15) is 18.0 Å². The predicted octanol–water partition coefficient (Wildman–Crippen LogP) is 4.01. The summed E-state index contributed by atoms with van der Waals surface area (Å²) in [5.41, 5.74) is 0.779. The fourth-order valence-electron chi connectivity index (χ4n) is 2.47. The lowest BCUT2D eigenvalue weighted by atomic mass is 10.3. The maximum absolute atomic E-state index is 12.2. The average molecular weight is 364 g/mol. The molecule has 0 fully saturated rings. The minimum Gasteiger partial charge on any atom is -0.406 e. The van der Waals surface area contributed by atoms with Crippen LogP contribution in [0, 0.1) is 0 Å². The van der Waals surface area contributed by atoms with E-state index >= 15 is 0 Å². The molecule has 0 saturated heterocycles. The van der Waals surface area contributed by atoms with Gasteiger partial charge >= 0.3 is 6.36 Å². The number of alkyl halides is 3. The molecule has 26 heavy (non-hydrogen) atoms. The topological polar surface area (TPSA) is 69.0 Å². The molecule has 1 aromatic carbocycles. The van der Waals surface area contributed by atoms with E-state index in [2.05, 4.69) is 20.0 Å². The lowest BCUT2D eigenvalue weighted by Gasteiger charge is -2.13. The number of nitrogens with one attached hydrogen (secondary N) is 1. The van der Waals surface area contributed by atoms with Crippen LogP contribution in [0.1, 0.15) is 19.9 Å². The van der Waals surface area contributed by atoms with Gasteiger partial charge in [-0.1, -0.05) is 0 Å². The van der Waals surface area contributed by atoms with Crippen molar-refractivity contribution in [3.05, 3.63) is 52.9 Å². The third-order valence-corrected chi connectivity index (χ3v) is 3.53. The Balaban J connectivity index is 1.89. The molecule has 3 aromatic rings. The minimum atomic E-state index is -4.74. The van der Waals surface area contributed by atoms with Crippen LogP contribution in [0.5, 0.6) is 5.75 Å². The van der Waals surface area contributed by atoms with Crippen molar-refractivity contribution >= 4 is 22.7 Å². The summed E-state index contributed by atoms with van der Waals surface area (Å²) >= 11 is 0. The Morgan fingerprint density at radius 3 is 2.42 bits per heavy atom. The van der Waals surface area contributed by atoms with Gasteiger partial charge in [0, 0.05) is 29.4 Å². The Morgan fingerprint density at radius 2 is 1.81 bits per heavy atom. The largest absolute Gasteiger partial charge is 0.573 e. The molecule has 3 rings (SSSR count). The van der Waals surface area contributed by atoms with Crippen LogP contribution >= 0.6 is 0 Å². The molecule has 0 unspecified atom stereocenters. The molecule has 1 N–H and O–H groups in total. The normalized spacial score (nSPS) is 11.8. The second-order valence-corrected chi connectivity index (χ2v) is 5.81. The van der Waals surface area contributed by atoms with Crippen molar-refractivity contribution in [3.63, 3.8) is 0 Å². The first-order valence-electron chi connectivity index (χ1n) is 7.74. The third-order valence-electron chi connectivity index (χ3n) is 3.53. The highest BCUT2D eigenvalue weighted by Gasteiger charge is 2.30. The van der Waals surface area contributed by atoms with Crippen molar-refractivity contribution in [1.29, 1.82) is 0 Å². The van der Waals surface area contributed by atoms with Gasteiger partial charge in [-0.3, -0.25) is 9.36 Å². The summed E-state index contributed by atoms with van der Waals surface area (Å²) in [5.74, 6) is -0.0990. The van der Waals surface area contributed by atoms with Crippen molar-refractivity contribution in [2.45, 2.75) is 26.3 Å². The molecular weight excluding hydrogens is 349 g/mol. The Hall–Kier alpha value is -3.10. The van der Waals surface area contributed by atoms with Crippen LogP contribution in [-0.2, 0) is 0 Å². The fourth-order valence-corrected chi connectivity index (χ4v) is 2.47. The van der Waals surface area contributed by atoms with Crippen molar-refractivity contribution in [1.82, 2.24) is 14.5 Å². The van der Waals surface area contributed by atoms with Gasteiger partial charge in [0.1, 0.15) is 11.4 Å². The van der Waals surface area contributed by atoms with Crippen LogP contribution in [0.25, 0.3) is 11.0 Å². The van der Waals surface area contributed by atoms with Gasteiger partial charge in [0.05, 0.1) is 0 Å². The number of fused-ring (bicyclic) bond motifs is 1. The van der Waals surface area contributed by atoms with Crippen molar-refractivity contribution in [3.8, 4) is 5.75 Å². The number of rotatable bonds is 4. The SMILES string of the molecule is CC(C)n1c(=O)ccc2cnc(Nc3ccc(OC(F)(F)F)cc3)nc21. The number of hydrogen-bond acceptors (Lipinski definition) is 5. The van der Waals surface area contributed by atoms with Crippen LogP contribution in [0.2, 0.25) is 0 Å². The molecule has 6 nitrogen and oxygen atoms in total. The maximum Gasteiger partial charge on any atom is 0.573 e. The number of nitrogens with zero attached hydrogens (tertiary/aromatic N) is 3. The highest BCUT2D eigenvalue weighted by atomic mass is 19.4. The quantitative estimate of drug-likeness (QED) is 0.757. The van der Waals surface area contributed by atoms with E-state index < -0.39 is 6.36 Å². The highest BCUT2D eigenvalue weighted by Crippen LogP contribution is 2.25. The van der Waals surface area contributed by atoms with E-state index in [0.717, 1.165) is 0 Å². The molecule has 0 spiro atoms. The van der Waals surface area contributed by atoms with E-state index in [-0.39, 0.29) is 23.3 Å². The standard InChI is InChI=1S/C17H15F3N4O2/c1-10(2)24-14(25)8-3-11-9-21-16(23-15(11)24)22-12-4-6-13(7-5-12)26-17(18,19)20/h3-10H,1-2H3,(H,21,22,23). The number of ether oxygens (including phenoxy) is 1. The third kappa shape index (κ3) is 3.93. The first-order chi connectivity index (χ1) is 12.2. The summed E-state index contributed by atoms with van der Waals surface area (Å²) in [7, 11) is 0. The summed E-state index contributed by atoms with van der Waals surface area (Å²) < 4.78 is 41.9. The fraction of sp³-hybridized carbons (Fsp3) is 0.235. The van der Waals surface area contributed by atoms with Crippen molar-refractivity contribution in [2.24, 2.45) is 0 Å². The Labute approximate surface area is 146 Å². The number of halogens is 3. The first-order valence-corrected chi connectivity index (χ1v) is 7.74. The van der Waals surface area contributed by atoms with Gasteiger partial charge in [-0.15, -0.1) is 13.2 Å². The van der Waals surface area contributed by atoms with Crippen LogP contribution in [0.3, 0.4) is 0 Å². The molecule has 136 valence electrons. The smallest absolute Gasteiger partial charge is 0.406 e. The maximum atomic E-state index is 12.2. The molecule has 0 aliphatic heterocycles. The summed E-state index contributed by atoms with van der Waals surface area (Å²) in [4.78, 5) is 20.6. The minimum absolute atomic E-state index is 0.0900. The molecule has 0 radical (unpaired) electrons. The summed E-state index contributed by atoms with van der Waals surface area (Å²) in [6.45, 7) is 3.74. The van der Waals surface area contributed by atoms with Crippen LogP contribution < -0.4 is 15.6 Å². The number of aromatic nitrogens is 3. The summed E-state index contributed by atoms with van der Waals surface area (Å²) in [6, 6.07) is 8.20. The Morgan fingerprint density at radius 1 is 1.12 bits per heavy atom. The Bertz CT molecular complexity index is 982. The van der Waals surface area contributed by atoms with Crippen LogP contribution in [0.4, 0.5) is 24.8 Å². The van der Waals surface area contributed by atoms with Crippen LogP contribution in [0.15, 0.2) is 47.4 Å². The van der Waals surface area contributed by atoms with E-state index in [4.69, 9.17) is 0 Å². The van der Waals surface area contributed by atoms with Gasteiger partial charge in [-0.25, -0.2) is 4.98 Å². The number of pyridine rings is 1. The molecule has 0 saturated carbocycles. The van der Waals surface area contributed by atoms with Crippen molar-refractivity contribution < 1.29 is 17.9 Å². The molecule has 0 aliphatic rings. The zero-order valence-electron chi connectivity index (χ0n) is 13.9. The molecule has 0 bridgehead atoms.